The SMILES string of the molecule is Cc1cc(SC2=C(O)CC(CCc3ccc(O)cc3)(C3CCCCC3)OC2=O)c(C(C)(C)C)cc1OS(=O)(=O)Cn1ccnc1. The number of phenols is 1. The van der Waals surface area contributed by atoms with Crippen molar-refractivity contribution in [2.24, 2.45) is 5.92 Å². The van der Waals surface area contributed by atoms with Crippen molar-refractivity contribution in [3.05, 3.63) is 82.5 Å². The van der Waals surface area contributed by atoms with Crippen LogP contribution in [-0.4, -0.2) is 39.8 Å². The summed E-state index contributed by atoms with van der Waals surface area (Å²) in [4.78, 5) is 18.5. The Bertz CT molecular complexity index is 1650. The predicted octanol–water partition coefficient (Wildman–Crippen LogP) is 7.32. The van der Waals surface area contributed by atoms with Crippen molar-refractivity contribution in [1.82, 2.24) is 9.55 Å². The van der Waals surface area contributed by atoms with Crippen LogP contribution in [0.1, 0.15) is 82.4 Å². The maximum absolute atomic E-state index is 13.8. The summed E-state index contributed by atoms with van der Waals surface area (Å²) >= 11 is 1.15. The summed E-state index contributed by atoms with van der Waals surface area (Å²) in [6.07, 6.45) is 11.1. The van der Waals surface area contributed by atoms with E-state index in [1.807, 2.05) is 32.9 Å². The minimum absolute atomic E-state index is 0.0216. The van der Waals surface area contributed by atoms with Gasteiger partial charge >= 0.3 is 16.1 Å². The second-order valence-electron chi connectivity index (χ2n) is 13.2. The van der Waals surface area contributed by atoms with Crippen molar-refractivity contribution in [2.45, 2.75) is 101 Å². The maximum Gasteiger partial charge on any atom is 0.349 e. The number of aliphatic hydroxyl groups excluding tert-OH is 1. The van der Waals surface area contributed by atoms with Crippen LogP contribution in [-0.2, 0) is 37.4 Å². The van der Waals surface area contributed by atoms with Gasteiger partial charge in [0.15, 0.2) is 5.88 Å². The first-order chi connectivity index (χ1) is 21.2. The summed E-state index contributed by atoms with van der Waals surface area (Å²) in [5.41, 5.74) is 1.13. The number of hydrogen-bond acceptors (Lipinski definition) is 9. The van der Waals surface area contributed by atoms with E-state index in [2.05, 4.69) is 4.98 Å². The standard InChI is InChI=1S/C34H42N2O7S2/c1-23-18-30(27(33(2,3)4)19-29(23)43-45(40,41)22-36-17-16-35-21-36)44-31-28(38)20-34(42-32(31)39,25-8-6-5-7-9-25)15-14-24-10-12-26(37)13-11-24/h10-13,16-19,21,25,37-38H,5-9,14-15,20,22H2,1-4H3. The number of benzene rings is 2. The predicted molar refractivity (Wildman–Crippen MR) is 174 cm³/mol. The van der Waals surface area contributed by atoms with E-state index in [1.54, 1.807) is 37.4 Å². The maximum atomic E-state index is 13.8. The van der Waals surface area contributed by atoms with Crippen molar-refractivity contribution < 1.29 is 32.3 Å². The second kappa shape index (κ2) is 13.1. The molecule has 1 aromatic heterocycles. The molecule has 242 valence electrons. The number of hydrogen-bond donors (Lipinski definition) is 2. The highest BCUT2D eigenvalue weighted by molar-refractivity contribution is 8.04. The molecule has 1 aliphatic carbocycles. The van der Waals surface area contributed by atoms with Gasteiger partial charge in [0.1, 0.15) is 27.8 Å². The highest BCUT2D eigenvalue weighted by Crippen LogP contribution is 2.49. The number of esters is 1. The van der Waals surface area contributed by atoms with Crippen LogP contribution in [0.25, 0.3) is 0 Å². The zero-order chi connectivity index (χ0) is 32.4. The van der Waals surface area contributed by atoms with Gasteiger partial charge in [-0.1, -0.05) is 63.9 Å². The average molecular weight is 655 g/mol. The van der Waals surface area contributed by atoms with Gasteiger partial charge in [0.25, 0.3) is 0 Å². The minimum Gasteiger partial charge on any atom is -0.511 e. The van der Waals surface area contributed by atoms with Gasteiger partial charge in [0.2, 0.25) is 0 Å². The Hall–Kier alpha value is -3.44. The first kappa shape index (κ1) is 32.9. The van der Waals surface area contributed by atoms with Crippen LogP contribution in [0.3, 0.4) is 0 Å². The van der Waals surface area contributed by atoms with Crippen LogP contribution >= 0.6 is 11.8 Å². The number of carbonyl (C=O) groups is 1. The van der Waals surface area contributed by atoms with E-state index in [0.717, 1.165) is 55.0 Å². The lowest BCUT2D eigenvalue weighted by Gasteiger charge is -2.44. The molecule has 0 radical (unpaired) electrons. The largest absolute Gasteiger partial charge is 0.511 e. The van der Waals surface area contributed by atoms with Crippen LogP contribution in [0, 0.1) is 12.8 Å². The fraction of sp³-hybridized carbons (Fsp3) is 0.471. The van der Waals surface area contributed by atoms with Crippen LogP contribution in [0.15, 0.2) is 70.7 Å². The number of rotatable bonds is 10. The van der Waals surface area contributed by atoms with E-state index >= 15 is 0 Å². The van der Waals surface area contributed by atoms with Crippen molar-refractivity contribution >= 4 is 27.8 Å². The van der Waals surface area contributed by atoms with Gasteiger partial charge in [0.05, 0.1) is 6.33 Å². The van der Waals surface area contributed by atoms with Crippen molar-refractivity contribution in [3.63, 3.8) is 0 Å². The molecule has 1 atom stereocenters. The first-order valence-corrected chi connectivity index (χ1v) is 17.8. The van der Waals surface area contributed by atoms with E-state index < -0.39 is 27.1 Å². The van der Waals surface area contributed by atoms with E-state index in [-0.39, 0.29) is 40.4 Å². The van der Waals surface area contributed by atoms with Crippen molar-refractivity contribution in [1.29, 1.82) is 0 Å². The Morgan fingerprint density at radius 2 is 1.82 bits per heavy atom. The van der Waals surface area contributed by atoms with Gasteiger partial charge in [-0.25, -0.2) is 9.78 Å². The summed E-state index contributed by atoms with van der Waals surface area (Å²) in [5, 5.41) is 21.2. The zero-order valence-electron chi connectivity index (χ0n) is 26.3. The Labute approximate surface area is 269 Å². The Balaban J connectivity index is 1.43. The molecule has 1 aliphatic heterocycles. The summed E-state index contributed by atoms with van der Waals surface area (Å²) in [6, 6.07) is 10.6. The normalized spacial score (nSPS) is 19.9. The molecule has 2 heterocycles. The Kier molecular flexibility index (Phi) is 9.60. The second-order valence-corrected chi connectivity index (χ2v) is 15.8. The third kappa shape index (κ3) is 7.87. The van der Waals surface area contributed by atoms with E-state index in [1.165, 1.54) is 17.1 Å². The molecule has 1 saturated carbocycles. The number of aromatic hydroxyl groups is 1. The molecule has 11 heteroatoms. The van der Waals surface area contributed by atoms with Crippen molar-refractivity contribution in [3.8, 4) is 11.5 Å². The number of imidazole rings is 1. The van der Waals surface area contributed by atoms with E-state index in [4.69, 9.17) is 8.92 Å². The molecule has 9 nitrogen and oxygen atoms in total. The highest BCUT2D eigenvalue weighted by Gasteiger charge is 2.48. The van der Waals surface area contributed by atoms with Crippen LogP contribution < -0.4 is 4.18 Å². The molecule has 2 aliphatic rings. The smallest absolute Gasteiger partial charge is 0.349 e. The number of cyclic esters (lactones) is 1. The fourth-order valence-corrected chi connectivity index (χ4v) is 8.58. The molecule has 2 aromatic carbocycles. The van der Waals surface area contributed by atoms with Gasteiger partial charge in [0, 0.05) is 23.7 Å². The Morgan fingerprint density at radius 3 is 2.44 bits per heavy atom. The number of carbonyl (C=O) groups excluding carboxylic acids is 1. The van der Waals surface area contributed by atoms with Crippen LogP contribution in [0.4, 0.5) is 0 Å². The lowest BCUT2D eigenvalue weighted by molar-refractivity contribution is -0.168. The molecular weight excluding hydrogens is 613 g/mol. The van der Waals surface area contributed by atoms with Gasteiger partial charge in [-0.15, -0.1) is 0 Å². The quantitative estimate of drug-likeness (QED) is 0.171. The number of ether oxygens (including phenoxy) is 1. The zero-order valence-corrected chi connectivity index (χ0v) is 27.9. The minimum atomic E-state index is -3.97. The first-order valence-electron chi connectivity index (χ1n) is 15.4. The Morgan fingerprint density at radius 1 is 1.11 bits per heavy atom. The summed E-state index contributed by atoms with van der Waals surface area (Å²) in [7, 11) is -3.97. The fourth-order valence-electron chi connectivity index (χ4n) is 6.31. The number of nitrogens with zero attached hydrogens (tertiary/aromatic N) is 2. The molecule has 3 aromatic rings. The molecule has 45 heavy (non-hydrogen) atoms. The third-order valence-electron chi connectivity index (χ3n) is 8.71. The topological polar surface area (TPSA) is 128 Å². The van der Waals surface area contributed by atoms with Gasteiger partial charge < -0.3 is 23.7 Å². The third-order valence-corrected chi connectivity index (χ3v) is 10.9. The molecule has 2 N–H and O–H groups in total. The lowest BCUT2D eigenvalue weighted by atomic mass is 9.71. The number of aromatic nitrogens is 2. The monoisotopic (exact) mass is 654 g/mol. The molecule has 0 saturated heterocycles. The van der Waals surface area contributed by atoms with Crippen LogP contribution in [0.2, 0.25) is 0 Å². The molecule has 5 rings (SSSR count). The van der Waals surface area contributed by atoms with Gasteiger partial charge in [-0.3, -0.25) is 0 Å². The molecule has 0 bridgehead atoms. The summed E-state index contributed by atoms with van der Waals surface area (Å²) < 4.78 is 39.0. The van der Waals surface area contributed by atoms with Crippen molar-refractivity contribution in [2.75, 3.05) is 0 Å². The number of thioether (sulfide) groups is 1. The number of aliphatic hydroxyl groups is 1. The summed E-state index contributed by atoms with van der Waals surface area (Å²) in [5.74, 6) is -0.342. The number of aryl methyl sites for hydroxylation is 2. The average Bonchev–Trinajstić information content (AvgIpc) is 3.48. The lowest BCUT2D eigenvalue weighted by Crippen LogP contribution is -2.47. The van der Waals surface area contributed by atoms with Crippen LogP contribution in [0.5, 0.6) is 11.5 Å². The highest BCUT2D eigenvalue weighted by atomic mass is 32.2. The van der Waals surface area contributed by atoms with E-state index in [9.17, 15) is 23.4 Å². The van der Waals surface area contributed by atoms with E-state index in [0.29, 0.717) is 23.3 Å². The number of phenolic OH excluding ortho intramolecular Hbond substituents is 1. The van der Waals surface area contributed by atoms with Gasteiger partial charge in [-0.05, 0) is 84.9 Å². The molecule has 0 spiro atoms. The molecule has 1 fully saturated rings. The molecule has 0 amide bonds. The van der Waals surface area contributed by atoms with Gasteiger partial charge in [-0.2, -0.15) is 8.42 Å². The molecular formula is C34H42N2O7S2. The summed E-state index contributed by atoms with van der Waals surface area (Å²) in [6.45, 7) is 7.74. The molecule has 1 unspecified atom stereocenters.